The molecule has 4 aliphatic carbocycles. The number of rotatable bonds is 5. The van der Waals surface area contributed by atoms with Crippen LogP contribution in [0, 0.1) is 0 Å². The van der Waals surface area contributed by atoms with Crippen molar-refractivity contribution in [3.63, 3.8) is 0 Å². The SMILES string of the molecule is [2H]c1c([2H])c([2H])c(N(c2cc3c4c(c2)N(c2ccc5c(c2)C(C)(C)CCC5(C)C)c2c(oc5cc6c(cc25)C(C)(C)CCC6(C)C)B4c2cc4c(cc2N3c2ccc3c(c2)C(C)(C)CCC3(C)C)C(C)(C)CCC4(C)C)c2c([2H])c([2H])c([2H])c([2H])c2[2H])c([2H])c1[2H]. The van der Waals surface area contributed by atoms with Gasteiger partial charge in [-0.15, -0.1) is 0 Å². The summed E-state index contributed by atoms with van der Waals surface area (Å²) < 4.78 is 102. The molecule has 0 saturated heterocycles. The lowest BCUT2D eigenvalue weighted by molar-refractivity contribution is 0.332. The Morgan fingerprint density at radius 3 is 1.25 bits per heavy atom. The van der Waals surface area contributed by atoms with Gasteiger partial charge in [-0.25, -0.2) is 0 Å². The Morgan fingerprint density at radius 1 is 0.395 bits per heavy atom. The van der Waals surface area contributed by atoms with Crippen LogP contribution in [0.25, 0.3) is 11.0 Å². The molecule has 0 fully saturated rings. The van der Waals surface area contributed by atoms with Crippen LogP contribution in [0.1, 0.15) is 220 Å². The molecule has 3 heterocycles. The molecule has 81 heavy (non-hydrogen) atoms. The quantitative estimate of drug-likeness (QED) is 0.160. The maximum atomic E-state index is 9.81. The number of para-hydroxylation sites is 2. The van der Waals surface area contributed by atoms with Crippen molar-refractivity contribution in [2.24, 2.45) is 0 Å². The summed E-state index contributed by atoms with van der Waals surface area (Å²) in [5, 5.41) is 0.950. The minimum atomic E-state index is -0.622. The lowest BCUT2D eigenvalue weighted by Crippen LogP contribution is -2.61. The first-order chi connectivity index (χ1) is 42.2. The molecule has 14 rings (SSSR count). The largest absolute Gasteiger partial charge is 0.468 e. The Bertz CT molecular complexity index is 4420. The average Bonchev–Trinajstić information content (AvgIpc) is 1.67. The van der Waals surface area contributed by atoms with Crippen molar-refractivity contribution in [3.05, 3.63) is 178 Å². The lowest BCUT2D eigenvalue weighted by atomic mass is 9.35. The van der Waals surface area contributed by atoms with E-state index in [4.69, 9.17) is 7.16 Å². The third kappa shape index (κ3) is 7.81. The van der Waals surface area contributed by atoms with E-state index in [0.717, 1.165) is 107 Å². The van der Waals surface area contributed by atoms with Crippen LogP contribution < -0.4 is 31.3 Å². The zero-order valence-corrected chi connectivity index (χ0v) is 50.9. The first kappa shape index (κ1) is 42.4. The Labute approximate surface area is 499 Å². The third-order valence-electron chi connectivity index (χ3n) is 21.5. The molecule has 5 heteroatoms. The van der Waals surface area contributed by atoms with Gasteiger partial charge in [0.15, 0.2) is 0 Å². The molecule has 414 valence electrons. The number of benzene rings is 7. The van der Waals surface area contributed by atoms with E-state index in [-0.39, 0.29) is 60.4 Å². The number of hydrogen-bond acceptors (Lipinski definition) is 4. The second-order valence-corrected chi connectivity index (χ2v) is 30.5. The molecular weight excluding hydrogens is 982 g/mol. The van der Waals surface area contributed by atoms with Crippen molar-refractivity contribution < 1.29 is 18.1 Å². The van der Waals surface area contributed by atoms with Crippen molar-refractivity contribution in [2.45, 2.75) is 205 Å². The van der Waals surface area contributed by atoms with Crippen LogP contribution in [0.15, 0.2) is 138 Å². The van der Waals surface area contributed by atoms with Gasteiger partial charge in [-0.2, -0.15) is 0 Å². The fraction of sp³-hybridized carbons (Fsp3) is 0.421. The minimum absolute atomic E-state index is 0.100. The van der Waals surface area contributed by atoms with E-state index in [9.17, 15) is 11.0 Å². The van der Waals surface area contributed by atoms with Gasteiger partial charge in [0.25, 0.3) is 6.71 Å². The standard InChI is InChI=1S/C76H86BN3O/c1-69(2)31-33-71(5,6)55-39-49(27-29-53(55)69)79-62-45-59-58(74(11,12)36-37-75(59,13)14)44-61(62)77-66-63(79)41-51(78(47-23-19-17-20-24-47)48-25-21-18-22-26-48)42-64(66)80(50-28-30-54-56(40-50)72(7,8)34-32-70(54,3)4)67-52-43-57-60(46-65(52)81-68(67)77)76(15,16)38-35-73(57,9)10/h17-30,39-46H,31-38H2,1-16H3/i17D,18D,19D,20D,21D,22D,23D,24D,25D,26D. The molecule has 4 nitrogen and oxygen atoms in total. The predicted molar refractivity (Wildman–Crippen MR) is 346 cm³/mol. The van der Waals surface area contributed by atoms with Crippen molar-refractivity contribution in [1.29, 1.82) is 0 Å². The van der Waals surface area contributed by atoms with Crippen molar-refractivity contribution >= 4 is 85.5 Å². The lowest BCUT2D eigenvalue weighted by Gasteiger charge is -2.47. The van der Waals surface area contributed by atoms with Crippen LogP contribution in [0.4, 0.5) is 51.2 Å². The van der Waals surface area contributed by atoms with Crippen LogP contribution in [-0.4, -0.2) is 6.71 Å². The summed E-state index contributed by atoms with van der Waals surface area (Å²) in [5.41, 5.74) is 17.0. The van der Waals surface area contributed by atoms with Gasteiger partial charge >= 0.3 is 0 Å². The molecule has 0 amide bonds. The Kier molecular flexibility index (Phi) is 8.93. The molecule has 0 spiro atoms. The predicted octanol–water partition coefficient (Wildman–Crippen LogP) is 19.4. The summed E-state index contributed by atoms with van der Waals surface area (Å²) in [6.07, 6.45) is 8.00. The van der Waals surface area contributed by atoms with Gasteiger partial charge in [-0.1, -0.05) is 165 Å². The van der Waals surface area contributed by atoms with Gasteiger partial charge in [-0.3, -0.25) is 0 Å². The van der Waals surface area contributed by atoms with E-state index in [0.29, 0.717) is 5.69 Å². The molecule has 0 radical (unpaired) electrons. The Hall–Kier alpha value is -6.46. The first-order valence-electron chi connectivity index (χ1n) is 35.1. The smallest absolute Gasteiger partial charge is 0.297 e. The van der Waals surface area contributed by atoms with Crippen LogP contribution in [-0.2, 0) is 43.3 Å². The highest BCUT2D eigenvalue weighted by Crippen LogP contribution is 2.57. The summed E-state index contributed by atoms with van der Waals surface area (Å²) >= 11 is 0. The summed E-state index contributed by atoms with van der Waals surface area (Å²) in [6.45, 7) is 37.0. The minimum Gasteiger partial charge on any atom is -0.468 e. The molecule has 0 atom stereocenters. The highest BCUT2D eigenvalue weighted by molar-refractivity contribution is 7.00. The maximum absolute atomic E-state index is 9.81. The number of fused-ring (bicyclic) bond motifs is 10. The van der Waals surface area contributed by atoms with Gasteiger partial charge in [0, 0.05) is 45.2 Å². The average molecular weight is 1080 g/mol. The van der Waals surface area contributed by atoms with E-state index in [2.05, 4.69) is 181 Å². The monoisotopic (exact) mass is 1080 g/mol. The summed E-state index contributed by atoms with van der Waals surface area (Å²) in [7, 11) is 0. The number of anilines is 9. The molecule has 0 bridgehead atoms. The summed E-state index contributed by atoms with van der Waals surface area (Å²) in [5.74, 6) is 0. The number of furan rings is 1. The topological polar surface area (TPSA) is 22.9 Å². The van der Waals surface area contributed by atoms with Gasteiger partial charge in [0.2, 0.25) is 0 Å². The molecule has 7 aromatic carbocycles. The highest BCUT2D eigenvalue weighted by atomic mass is 16.3. The molecule has 2 aliphatic heterocycles. The van der Waals surface area contributed by atoms with E-state index in [1.165, 1.54) is 49.4 Å². The van der Waals surface area contributed by atoms with E-state index in [1.54, 1.807) is 0 Å². The van der Waals surface area contributed by atoms with Gasteiger partial charge in [-0.05, 0) is 229 Å². The van der Waals surface area contributed by atoms with Gasteiger partial charge in [0.1, 0.15) is 5.58 Å². The summed E-state index contributed by atoms with van der Waals surface area (Å²) in [4.78, 5) is 6.08. The zero-order valence-electron chi connectivity index (χ0n) is 60.9. The number of nitrogens with zero attached hydrogens (tertiary/aromatic N) is 3. The van der Waals surface area contributed by atoms with Crippen LogP contribution in [0.2, 0.25) is 0 Å². The van der Waals surface area contributed by atoms with E-state index in [1.807, 2.05) is 12.1 Å². The fourth-order valence-electron chi connectivity index (χ4n) is 15.8. The van der Waals surface area contributed by atoms with Crippen molar-refractivity contribution in [3.8, 4) is 0 Å². The van der Waals surface area contributed by atoms with Crippen molar-refractivity contribution in [1.82, 2.24) is 0 Å². The number of hydrogen-bond donors (Lipinski definition) is 0. The van der Waals surface area contributed by atoms with E-state index < -0.39 is 67.1 Å². The Morgan fingerprint density at radius 2 is 0.778 bits per heavy atom. The fourth-order valence-corrected chi connectivity index (χ4v) is 15.8. The maximum Gasteiger partial charge on any atom is 0.297 e. The highest BCUT2D eigenvalue weighted by Gasteiger charge is 2.51. The molecule has 0 saturated carbocycles. The van der Waals surface area contributed by atoms with Crippen LogP contribution in [0.3, 0.4) is 0 Å². The third-order valence-corrected chi connectivity index (χ3v) is 21.5. The second kappa shape index (κ2) is 17.1. The molecule has 8 aromatic rings. The first-order valence-corrected chi connectivity index (χ1v) is 30.1. The van der Waals surface area contributed by atoms with Gasteiger partial charge < -0.3 is 19.1 Å². The van der Waals surface area contributed by atoms with Crippen LogP contribution in [0.5, 0.6) is 0 Å². The Balaban J connectivity index is 1.22. The molecule has 1 aromatic heterocycles. The zero-order chi connectivity index (χ0) is 65.6. The van der Waals surface area contributed by atoms with Crippen LogP contribution >= 0.6 is 0 Å². The van der Waals surface area contributed by atoms with Crippen molar-refractivity contribution in [2.75, 3.05) is 14.7 Å². The summed E-state index contributed by atoms with van der Waals surface area (Å²) in [6, 6.07) is 21.4. The van der Waals surface area contributed by atoms with Gasteiger partial charge in [0.05, 0.1) is 30.7 Å². The molecular formula is C76H86BN3O. The molecule has 0 N–H and O–H groups in total. The molecule has 0 unspecified atom stereocenters. The molecule has 6 aliphatic rings. The second-order valence-electron chi connectivity index (χ2n) is 30.5. The normalized spacial score (nSPS) is 22.9. The van der Waals surface area contributed by atoms with E-state index >= 15 is 0 Å².